The fourth-order valence-electron chi connectivity index (χ4n) is 3.29. The summed E-state index contributed by atoms with van der Waals surface area (Å²) in [5.41, 5.74) is 4.09. The lowest BCUT2D eigenvalue weighted by Crippen LogP contribution is -2.36. The van der Waals surface area contributed by atoms with Crippen molar-refractivity contribution in [3.8, 4) is 11.5 Å². The summed E-state index contributed by atoms with van der Waals surface area (Å²) in [6.07, 6.45) is 0.694. The molecule has 25 heavy (non-hydrogen) atoms. The third kappa shape index (κ3) is 3.37. The number of ether oxygens (including phenoxy) is 2. The zero-order chi connectivity index (χ0) is 17.4. The van der Waals surface area contributed by atoms with Crippen molar-refractivity contribution in [2.24, 2.45) is 0 Å². The van der Waals surface area contributed by atoms with Gasteiger partial charge >= 0.3 is 0 Å². The van der Waals surface area contributed by atoms with E-state index in [1.54, 1.807) is 4.31 Å². The van der Waals surface area contributed by atoms with Crippen LogP contribution in [-0.2, 0) is 28.7 Å². The van der Waals surface area contributed by atoms with Gasteiger partial charge in [0.15, 0.2) is 11.5 Å². The molecular formula is C19H21NO4S. The van der Waals surface area contributed by atoms with Crippen LogP contribution in [0.5, 0.6) is 11.5 Å². The van der Waals surface area contributed by atoms with E-state index in [1.807, 2.05) is 43.3 Å². The summed E-state index contributed by atoms with van der Waals surface area (Å²) < 4.78 is 38.4. The number of fused-ring (bicyclic) bond motifs is 2. The minimum Gasteiger partial charge on any atom is -0.486 e. The zero-order valence-electron chi connectivity index (χ0n) is 14.2. The van der Waals surface area contributed by atoms with E-state index >= 15 is 0 Å². The highest BCUT2D eigenvalue weighted by atomic mass is 32.2. The first kappa shape index (κ1) is 16.4. The topological polar surface area (TPSA) is 55.8 Å². The number of aryl methyl sites for hydroxylation is 1. The molecule has 0 amide bonds. The van der Waals surface area contributed by atoms with Crippen LogP contribution in [0.1, 0.15) is 22.3 Å². The number of sulfonamides is 1. The van der Waals surface area contributed by atoms with E-state index in [4.69, 9.17) is 9.47 Å². The molecule has 0 bridgehead atoms. The molecule has 0 radical (unpaired) electrons. The summed E-state index contributed by atoms with van der Waals surface area (Å²) in [7, 11) is -3.35. The standard InChI is InChI=1S/C19H21NO4S/c1-14-2-4-15(5-3-14)13-25(21,22)20-7-6-16-10-18-19(11-17(16)12-20)24-9-8-23-18/h2-5,10-11H,6-9,12-13H2,1H3. The molecule has 6 heteroatoms. The normalized spacial score (nSPS) is 17.2. The lowest BCUT2D eigenvalue weighted by Gasteiger charge is -2.30. The summed E-state index contributed by atoms with van der Waals surface area (Å²) in [5, 5.41) is 0. The quantitative estimate of drug-likeness (QED) is 0.845. The molecule has 2 heterocycles. The van der Waals surface area contributed by atoms with E-state index < -0.39 is 10.0 Å². The molecule has 2 aromatic carbocycles. The van der Waals surface area contributed by atoms with Crippen molar-refractivity contribution in [1.29, 1.82) is 0 Å². The Morgan fingerprint density at radius 2 is 1.64 bits per heavy atom. The van der Waals surface area contributed by atoms with Crippen molar-refractivity contribution in [1.82, 2.24) is 4.31 Å². The van der Waals surface area contributed by atoms with Crippen LogP contribution in [0.25, 0.3) is 0 Å². The highest BCUT2D eigenvalue weighted by Gasteiger charge is 2.28. The van der Waals surface area contributed by atoms with Crippen LogP contribution in [-0.4, -0.2) is 32.5 Å². The first-order valence-electron chi connectivity index (χ1n) is 8.46. The lowest BCUT2D eigenvalue weighted by atomic mass is 10.00. The molecule has 2 aliphatic heterocycles. The van der Waals surface area contributed by atoms with E-state index in [0.717, 1.165) is 28.0 Å². The average Bonchev–Trinajstić information content (AvgIpc) is 2.61. The Bertz CT molecular complexity index is 890. The van der Waals surface area contributed by atoms with Gasteiger partial charge in [-0.05, 0) is 42.2 Å². The fourth-order valence-corrected chi connectivity index (χ4v) is 4.79. The van der Waals surface area contributed by atoms with Gasteiger partial charge in [-0.25, -0.2) is 8.42 Å². The molecule has 2 aromatic rings. The summed E-state index contributed by atoms with van der Waals surface area (Å²) >= 11 is 0. The Kier molecular flexibility index (Phi) is 4.17. The van der Waals surface area contributed by atoms with Gasteiger partial charge in [0.25, 0.3) is 0 Å². The van der Waals surface area contributed by atoms with Crippen molar-refractivity contribution in [2.75, 3.05) is 19.8 Å². The molecule has 0 unspecified atom stereocenters. The molecule has 132 valence electrons. The van der Waals surface area contributed by atoms with E-state index in [0.29, 0.717) is 38.5 Å². The first-order chi connectivity index (χ1) is 12.0. The first-order valence-corrected chi connectivity index (χ1v) is 10.1. The number of hydrogen-bond acceptors (Lipinski definition) is 4. The van der Waals surface area contributed by atoms with Gasteiger partial charge in [0.2, 0.25) is 10.0 Å². The van der Waals surface area contributed by atoms with E-state index in [-0.39, 0.29) is 5.75 Å². The van der Waals surface area contributed by atoms with Gasteiger partial charge in [0, 0.05) is 13.1 Å². The molecular weight excluding hydrogens is 338 g/mol. The summed E-state index contributed by atoms with van der Waals surface area (Å²) in [6.45, 7) is 3.97. The molecule has 0 atom stereocenters. The van der Waals surface area contributed by atoms with Crippen molar-refractivity contribution < 1.29 is 17.9 Å². The summed E-state index contributed by atoms with van der Waals surface area (Å²) in [5.74, 6) is 1.51. The third-order valence-electron chi connectivity index (χ3n) is 4.70. The van der Waals surface area contributed by atoms with E-state index in [1.165, 1.54) is 0 Å². The number of nitrogens with zero attached hydrogens (tertiary/aromatic N) is 1. The van der Waals surface area contributed by atoms with E-state index in [9.17, 15) is 8.42 Å². The van der Waals surface area contributed by atoms with Crippen molar-refractivity contribution in [3.63, 3.8) is 0 Å². The highest BCUT2D eigenvalue weighted by molar-refractivity contribution is 7.88. The SMILES string of the molecule is Cc1ccc(CS(=O)(=O)N2CCc3cc4c(cc3C2)OCCO4)cc1. The molecule has 0 aromatic heterocycles. The number of benzene rings is 2. The highest BCUT2D eigenvalue weighted by Crippen LogP contribution is 2.36. The second-order valence-electron chi connectivity index (χ2n) is 6.59. The maximum atomic E-state index is 12.8. The maximum Gasteiger partial charge on any atom is 0.218 e. The largest absolute Gasteiger partial charge is 0.486 e. The van der Waals surface area contributed by atoms with Gasteiger partial charge in [-0.15, -0.1) is 0 Å². The number of rotatable bonds is 3. The van der Waals surface area contributed by atoms with Crippen LogP contribution in [0.3, 0.4) is 0 Å². The third-order valence-corrected chi connectivity index (χ3v) is 6.50. The molecule has 5 nitrogen and oxygen atoms in total. The average molecular weight is 359 g/mol. The smallest absolute Gasteiger partial charge is 0.218 e. The van der Waals surface area contributed by atoms with Crippen LogP contribution >= 0.6 is 0 Å². The van der Waals surface area contributed by atoms with E-state index in [2.05, 4.69) is 0 Å². The van der Waals surface area contributed by atoms with Gasteiger partial charge in [-0.2, -0.15) is 4.31 Å². The summed E-state index contributed by atoms with van der Waals surface area (Å²) in [6, 6.07) is 11.6. The van der Waals surface area contributed by atoms with Crippen molar-refractivity contribution >= 4 is 10.0 Å². The van der Waals surface area contributed by atoms with Crippen LogP contribution < -0.4 is 9.47 Å². The van der Waals surface area contributed by atoms with Crippen LogP contribution in [0.2, 0.25) is 0 Å². The number of hydrogen-bond donors (Lipinski definition) is 0. The van der Waals surface area contributed by atoms with Crippen molar-refractivity contribution in [3.05, 3.63) is 58.7 Å². The Hall–Kier alpha value is -2.05. The molecule has 0 aliphatic carbocycles. The van der Waals surface area contributed by atoms with Gasteiger partial charge in [0.05, 0.1) is 5.75 Å². The predicted octanol–water partition coefficient (Wildman–Crippen LogP) is 2.65. The van der Waals surface area contributed by atoms with Crippen molar-refractivity contribution in [2.45, 2.75) is 25.6 Å². The second-order valence-corrected chi connectivity index (χ2v) is 8.56. The van der Waals surface area contributed by atoms with Gasteiger partial charge in [0.1, 0.15) is 13.2 Å². The predicted molar refractivity (Wildman–Crippen MR) is 95.3 cm³/mol. The van der Waals surface area contributed by atoms with Crippen LogP contribution in [0.4, 0.5) is 0 Å². The Labute approximate surface area is 148 Å². The fraction of sp³-hybridized carbons (Fsp3) is 0.368. The van der Waals surface area contributed by atoms with Gasteiger partial charge in [-0.1, -0.05) is 29.8 Å². The Balaban J connectivity index is 1.55. The second kappa shape index (κ2) is 6.35. The minimum atomic E-state index is -3.35. The monoisotopic (exact) mass is 359 g/mol. The Morgan fingerprint density at radius 3 is 2.32 bits per heavy atom. The van der Waals surface area contributed by atoms with Crippen LogP contribution in [0.15, 0.2) is 36.4 Å². The summed E-state index contributed by atoms with van der Waals surface area (Å²) in [4.78, 5) is 0. The van der Waals surface area contributed by atoms with Crippen LogP contribution in [0, 0.1) is 6.92 Å². The molecule has 0 saturated carbocycles. The zero-order valence-corrected chi connectivity index (χ0v) is 15.0. The maximum absolute atomic E-state index is 12.8. The molecule has 0 N–H and O–H groups in total. The van der Waals surface area contributed by atoms with Gasteiger partial charge in [-0.3, -0.25) is 0 Å². The Morgan fingerprint density at radius 1 is 1.00 bits per heavy atom. The molecule has 4 rings (SSSR count). The lowest BCUT2D eigenvalue weighted by molar-refractivity contribution is 0.171. The molecule has 2 aliphatic rings. The molecule has 0 spiro atoms. The minimum absolute atomic E-state index is 0.0349. The van der Waals surface area contributed by atoms with Gasteiger partial charge < -0.3 is 9.47 Å². The molecule has 0 fully saturated rings. The molecule has 0 saturated heterocycles.